The summed E-state index contributed by atoms with van der Waals surface area (Å²) >= 11 is 0. The van der Waals surface area contributed by atoms with Crippen LogP contribution in [0.4, 0.5) is 5.69 Å². The Balaban J connectivity index is 2.08. The van der Waals surface area contributed by atoms with Crippen molar-refractivity contribution < 1.29 is 9.90 Å². The maximum atomic E-state index is 12.3. The van der Waals surface area contributed by atoms with E-state index in [9.17, 15) is 9.90 Å². The normalized spacial score (nSPS) is 17.6. The number of amides is 1. The van der Waals surface area contributed by atoms with Crippen LogP contribution >= 0.6 is 0 Å². The van der Waals surface area contributed by atoms with Gasteiger partial charge in [0.1, 0.15) is 0 Å². The van der Waals surface area contributed by atoms with Gasteiger partial charge in [0.2, 0.25) is 0 Å². The van der Waals surface area contributed by atoms with E-state index in [-0.39, 0.29) is 11.6 Å². The number of aliphatic hydroxyl groups is 1. The van der Waals surface area contributed by atoms with Crippen LogP contribution in [0.2, 0.25) is 0 Å². The molecule has 0 bridgehead atoms. The third-order valence-corrected chi connectivity index (χ3v) is 3.85. The molecule has 0 atom stereocenters. The fourth-order valence-electron chi connectivity index (χ4n) is 2.70. The number of anilines is 1. The second kappa shape index (κ2) is 5.21. The first-order chi connectivity index (χ1) is 8.97. The predicted octanol–water partition coefficient (Wildman–Crippen LogP) is 0.931. The van der Waals surface area contributed by atoms with Crippen molar-refractivity contribution in [2.45, 2.75) is 44.6 Å². The van der Waals surface area contributed by atoms with Gasteiger partial charge >= 0.3 is 0 Å². The lowest BCUT2D eigenvalue weighted by atomic mass is 10.0. The second-order valence-corrected chi connectivity index (χ2v) is 5.41. The number of nitrogen functional groups attached to an aromatic ring is 1. The molecular formula is C13H22N4O2. The number of nitrogens with two attached hydrogens (primary N) is 1. The molecule has 1 aliphatic rings. The molecule has 0 radical (unpaired) electrons. The lowest BCUT2D eigenvalue weighted by Gasteiger charge is -2.28. The average Bonchev–Trinajstić information content (AvgIpc) is 2.95. The molecule has 0 spiro atoms. The summed E-state index contributed by atoms with van der Waals surface area (Å²) < 4.78 is 0. The maximum absolute atomic E-state index is 12.3. The molecule has 2 rings (SSSR count). The third-order valence-electron chi connectivity index (χ3n) is 3.85. The molecule has 6 nitrogen and oxygen atoms in total. The molecule has 1 aliphatic carbocycles. The van der Waals surface area contributed by atoms with Crippen LogP contribution in [0.1, 0.15) is 48.8 Å². The number of nitrogens with zero attached hydrogens (tertiary/aromatic N) is 2. The SMILES string of the molecule is CCc1[nH]nc(C(=O)N(C)CC2(O)CCCC2)c1N. The molecule has 6 heteroatoms. The maximum Gasteiger partial charge on any atom is 0.276 e. The van der Waals surface area contributed by atoms with E-state index in [1.165, 1.54) is 4.90 Å². The summed E-state index contributed by atoms with van der Waals surface area (Å²) in [6.07, 6.45) is 4.24. The highest BCUT2D eigenvalue weighted by Crippen LogP contribution is 2.30. The number of aryl methyl sites for hydroxylation is 1. The molecule has 0 saturated heterocycles. The largest absolute Gasteiger partial charge is 0.395 e. The Morgan fingerprint density at radius 2 is 2.16 bits per heavy atom. The van der Waals surface area contributed by atoms with Crippen LogP contribution < -0.4 is 5.73 Å². The number of aromatic amines is 1. The van der Waals surface area contributed by atoms with Gasteiger partial charge in [-0.25, -0.2) is 0 Å². The minimum Gasteiger partial charge on any atom is -0.395 e. The number of carbonyl (C=O) groups is 1. The van der Waals surface area contributed by atoms with Gasteiger partial charge in [-0.3, -0.25) is 9.89 Å². The van der Waals surface area contributed by atoms with Gasteiger partial charge in [-0.1, -0.05) is 19.8 Å². The lowest BCUT2D eigenvalue weighted by molar-refractivity contribution is 0.0155. The second-order valence-electron chi connectivity index (χ2n) is 5.41. The number of carbonyl (C=O) groups excluding carboxylic acids is 1. The molecule has 0 aliphatic heterocycles. The highest BCUT2D eigenvalue weighted by atomic mass is 16.3. The topological polar surface area (TPSA) is 95.2 Å². The number of likely N-dealkylation sites (N-methyl/N-ethyl adjacent to an activating group) is 1. The summed E-state index contributed by atoms with van der Waals surface area (Å²) in [6.45, 7) is 2.28. The number of rotatable bonds is 4. The monoisotopic (exact) mass is 266 g/mol. The van der Waals surface area contributed by atoms with Gasteiger partial charge < -0.3 is 15.7 Å². The Morgan fingerprint density at radius 3 is 2.68 bits per heavy atom. The molecule has 0 unspecified atom stereocenters. The Morgan fingerprint density at radius 1 is 1.53 bits per heavy atom. The van der Waals surface area contributed by atoms with Crippen LogP contribution in [-0.2, 0) is 6.42 Å². The van der Waals surface area contributed by atoms with E-state index in [1.807, 2.05) is 6.92 Å². The highest BCUT2D eigenvalue weighted by molar-refractivity contribution is 5.97. The molecule has 0 aromatic carbocycles. The van der Waals surface area contributed by atoms with Gasteiger partial charge in [0.25, 0.3) is 5.91 Å². The van der Waals surface area contributed by atoms with Crippen molar-refractivity contribution in [3.63, 3.8) is 0 Å². The molecule has 1 heterocycles. The van der Waals surface area contributed by atoms with Gasteiger partial charge in [-0.05, 0) is 19.3 Å². The van der Waals surface area contributed by atoms with Crippen molar-refractivity contribution >= 4 is 11.6 Å². The fraction of sp³-hybridized carbons (Fsp3) is 0.692. The zero-order valence-electron chi connectivity index (χ0n) is 11.6. The highest BCUT2D eigenvalue weighted by Gasteiger charge is 2.34. The van der Waals surface area contributed by atoms with E-state index in [1.54, 1.807) is 7.05 Å². The fourth-order valence-corrected chi connectivity index (χ4v) is 2.70. The average molecular weight is 266 g/mol. The van der Waals surface area contributed by atoms with Crippen LogP contribution in [0, 0.1) is 0 Å². The van der Waals surface area contributed by atoms with Crippen LogP contribution in [0.25, 0.3) is 0 Å². The van der Waals surface area contributed by atoms with Crippen LogP contribution in [0.15, 0.2) is 0 Å². The van der Waals surface area contributed by atoms with Crippen molar-refractivity contribution in [3.8, 4) is 0 Å². The zero-order valence-corrected chi connectivity index (χ0v) is 11.6. The van der Waals surface area contributed by atoms with Crippen LogP contribution in [0.5, 0.6) is 0 Å². The van der Waals surface area contributed by atoms with Crippen molar-refractivity contribution in [1.82, 2.24) is 15.1 Å². The van der Waals surface area contributed by atoms with E-state index in [0.717, 1.165) is 31.4 Å². The Labute approximate surface area is 113 Å². The number of H-pyrrole nitrogens is 1. The van der Waals surface area contributed by atoms with E-state index in [2.05, 4.69) is 10.2 Å². The molecule has 106 valence electrons. The number of aromatic nitrogens is 2. The van der Waals surface area contributed by atoms with Crippen LogP contribution in [0.3, 0.4) is 0 Å². The molecule has 4 N–H and O–H groups in total. The van der Waals surface area contributed by atoms with E-state index in [0.29, 0.717) is 18.7 Å². The van der Waals surface area contributed by atoms with Crippen molar-refractivity contribution in [1.29, 1.82) is 0 Å². The standard InChI is InChI=1S/C13H22N4O2/c1-3-9-10(14)11(16-15-9)12(18)17(2)8-13(19)6-4-5-7-13/h19H,3-8,14H2,1-2H3,(H,15,16). The van der Waals surface area contributed by atoms with Gasteiger partial charge in [-0.15, -0.1) is 0 Å². The first-order valence-corrected chi connectivity index (χ1v) is 6.77. The Bertz CT molecular complexity index is 463. The van der Waals surface area contributed by atoms with Crippen molar-refractivity contribution in [2.24, 2.45) is 0 Å². The van der Waals surface area contributed by atoms with Gasteiger partial charge in [0.05, 0.1) is 17.0 Å². The minimum atomic E-state index is -0.747. The van der Waals surface area contributed by atoms with Crippen molar-refractivity contribution in [3.05, 3.63) is 11.4 Å². The van der Waals surface area contributed by atoms with Gasteiger partial charge in [0.15, 0.2) is 5.69 Å². The van der Waals surface area contributed by atoms with E-state index >= 15 is 0 Å². The van der Waals surface area contributed by atoms with Crippen molar-refractivity contribution in [2.75, 3.05) is 19.3 Å². The first-order valence-electron chi connectivity index (χ1n) is 6.77. The molecule has 1 saturated carbocycles. The predicted molar refractivity (Wildman–Crippen MR) is 72.8 cm³/mol. The summed E-state index contributed by atoms with van der Waals surface area (Å²) in [5.74, 6) is -0.242. The molecular weight excluding hydrogens is 244 g/mol. The smallest absolute Gasteiger partial charge is 0.276 e. The zero-order chi connectivity index (χ0) is 14.0. The summed E-state index contributed by atoms with van der Waals surface area (Å²) in [4.78, 5) is 13.8. The molecule has 1 aromatic heterocycles. The summed E-state index contributed by atoms with van der Waals surface area (Å²) in [7, 11) is 1.68. The number of nitrogens with one attached hydrogen (secondary N) is 1. The Kier molecular flexibility index (Phi) is 3.80. The third kappa shape index (κ3) is 2.73. The molecule has 1 aromatic rings. The summed E-state index contributed by atoms with van der Waals surface area (Å²) in [6, 6.07) is 0. The summed E-state index contributed by atoms with van der Waals surface area (Å²) in [5, 5.41) is 17.1. The first kappa shape index (κ1) is 13.9. The minimum absolute atomic E-state index is 0.242. The van der Waals surface area contributed by atoms with E-state index < -0.39 is 5.60 Å². The number of hydrogen-bond acceptors (Lipinski definition) is 4. The van der Waals surface area contributed by atoms with Gasteiger partial charge in [-0.2, -0.15) is 5.10 Å². The number of hydrogen-bond donors (Lipinski definition) is 3. The molecule has 1 fully saturated rings. The molecule has 1 amide bonds. The Hall–Kier alpha value is -1.56. The van der Waals surface area contributed by atoms with E-state index in [4.69, 9.17) is 5.73 Å². The van der Waals surface area contributed by atoms with Crippen LogP contribution in [-0.4, -0.2) is 45.3 Å². The summed E-state index contributed by atoms with van der Waals surface area (Å²) in [5.41, 5.74) is 6.58. The quantitative estimate of drug-likeness (QED) is 0.755. The molecule has 19 heavy (non-hydrogen) atoms. The van der Waals surface area contributed by atoms with Gasteiger partial charge in [0, 0.05) is 13.6 Å². The lowest BCUT2D eigenvalue weighted by Crippen LogP contribution is -2.42.